The van der Waals surface area contributed by atoms with Crippen LogP contribution in [0.3, 0.4) is 0 Å². The van der Waals surface area contributed by atoms with Crippen molar-refractivity contribution in [1.82, 2.24) is 14.9 Å². The highest BCUT2D eigenvalue weighted by Crippen LogP contribution is 2.31. The predicted octanol–water partition coefficient (Wildman–Crippen LogP) is 6.16. The number of likely N-dealkylation sites (tertiary alicyclic amines) is 1. The van der Waals surface area contributed by atoms with Gasteiger partial charge in [-0.2, -0.15) is 0 Å². The number of aromatic nitrogens is 2. The molecule has 1 N–H and O–H groups in total. The monoisotopic (exact) mass is 460 g/mol. The molecule has 1 aliphatic heterocycles. The van der Waals surface area contributed by atoms with Gasteiger partial charge in [0.05, 0.1) is 0 Å². The van der Waals surface area contributed by atoms with Crippen LogP contribution in [-0.4, -0.2) is 33.9 Å². The lowest BCUT2D eigenvalue weighted by Gasteiger charge is -2.35. The minimum absolute atomic E-state index is 0.269. The van der Waals surface area contributed by atoms with Gasteiger partial charge in [-0.05, 0) is 43.4 Å². The first-order valence-electron chi connectivity index (χ1n) is 12.3. The molecule has 0 atom stereocenters. The molecule has 1 amide bonds. The number of nitrogens with zero attached hydrogens (tertiary/aromatic N) is 3. The summed E-state index contributed by atoms with van der Waals surface area (Å²) >= 11 is 1.67. The van der Waals surface area contributed by atoms with E-state index in [1.165, 1.54) is 29.7 Å². The number of rotatable bonds is 6. The molecule has 0 bridgehead atoms. The van der Waals surface area contributed by atoms with E-state index < -0.39 is 0 Å². The van der Waals surface area contributed by atoms with Crippen LogP contribution in [0.5, 0.6) is 0 Å². The van der Waals surface area contributed by atoms with E-state index >= 15 is 0 Å². The van der Waals surface area contributed by atoms with Gasteiger partial charge in [-0.1, -0.05) is 55.7 Å². The van der Waals surface area contributed by atoms with Gasteiger partial charge in [-0.25, -0.2) is 9.97 Å². The number of amides is 1. The fourth-order valence-electron chi connectivity index (χ4n) is 5.11. The molecule has 0 spiro atoms. The smallest absolute Gasteiger partial charge is 0.225 e. The van der Waals surface area contributed by atoms with Crippen LogP contribution in [-0.2, 0) is 11.2 Å². The van der Waals surface area contributed by atoms with E-state index in [2.05, 4.69) is 51.6 Å². The summed E-state index contributed by atoms with van der Waals surface area (Å²) in [5.41, 5.74) is 2.41. The van der Waals surface area contributed by atoms with Crippen molar-refractivity contribution in [3.8, 4) is 0 Å². The zero-order valence-corrected chi connectivity index (χ0v) is 19.9. The largest absolute Gasteiger partial charge is 0.342 e. The summed E-state index contributed by atoms with van der Waals surface area (Å²) in [6.45, 7) is 1.71. The molecule has 1 aliphatic carbocycles. The van der Waals surface area contributed by atoms with Gasteiger partial charge in [-0.3, -0.25) is 4.79 Å². The third-order valence-corrected chi connectivity index (χ3v) is 7.87. The van der Waals surface area contributed by atoms with Crippen molar-refractivity contribution in [1.29, 1.82) is 0 Å². The van der Waals surface area contributed by atoms with E-state index in [0.717, 1.165) is 61.8 Å². The van der Waals surface area contributed by atoms with Gasteiger partial charge < -0.3 is 10.2 Å². The fourth-order valence-corrected chi connectivity index (χ4v) is 5.96. The van der Waals surface area contributed by atoms with Crippen molar-refractivity contribution < 1.29 is 4.79 Å². The van der Waals surface area contributed by atoms with Crippen LogP contribution in [0.25, 0.3) is 0 Å². The number of hydrogen-bond donors (Lipinski definition) is 1. The molecular formula is C27H32N4OS. The van der Waals surface area contributed by atoms with Gasteiger partial charge in [0.2, 0.25) is 5.91 Å². The Hall–Kier alpha value is -2.73. The number of piperidine rings is 1. The van der Waals surface area contributed by atoms with Gasteiger partial charge >= 0.3 is 0 Å². The number of nitrogens with one attached hydrogen (secondary N) is 1. The van der Waals surface area contributed by atoms with E-state index in [9.17, 15) is 4.79 Å². The molecule has 33 heavy (non-hydrogen) atoms. The topological polar surface area (TPSA) is 58.1 Å². The minimum Gasteiger partial charge on any atom is -0.342 e. The lowest BCUT2D eigenvalue weighted by atomic mass is 9.86. The fraction of sp³-hybridized carbons (Fsp3) is 0.444. The summed E-state index contributed by atoms with van der Waals surface area (Å²) in [7, 11) is 0. The van der Waals surface area contributed by atoms with Crippen molar-refractivity contribution >= 4 is 28.2 Å². The first-order valence-corrected chi connectivity index (χ1v) is 13.1. The molecule has 2 aromatic heterocycles. The van der Waals surface area contributed by atoms with Crippen LogP contribution in [0.2, 0.25) is 0 Å². The van der Waals surface area contributed by atoms with Crippen molar-refractivity contribution in [3.05, 3.63) is 70.9 Å². The zero-order valence-electron chi connectivity index (χ0n) is 19.1. The maximum atomic E-state index is 12.9. The first-order chi connectivity index (χ1) is 16.2. The average Bonchev–Trinajstić information content (AvgIpc) is 3.31. The third kappa shape index (κ3) is 5.61. The molecule has 172 valence electrons. The van der Waals surface area contributed by atoms with E-state index in [0.29, 0.717) is 11.8 Å². The van der Waals surface area contributed by atoms with Gasteiger partial charge in [-0.15, -0.1) is 11.3 Å². The van der Waals surface area contributed by atoms with E-state index in [4.69, 9.17) is 4.98 Å². The average molecular weight is 461 g/mol. The number of thiazole rings is 1. The normalized spacial score (nSPS) is 17.8. The van der Waals surface area contributed by atoms with Crippen molar-refractivity contribution in [2.45, 2.75) is 57.3 Å². The predicted molar refractivity (Wildman–Crippen MR) is 134 cm³/mol. The third-order valence-electron chi connectivity index (χ3n) is 6.96. The highest BCUT2D eigenvalue weighted by atomic mass is 32.1. The highest BCUT2D eigenvalue weighted by Gasteiger charge is 2.30. The Balaban J connectivity index is 1.17. The molecule has 5 nitrogen and oxygen atoms in total. The minimum atomic E-state index is 0.269. The Bertz CT molecular complexity index is 1050. The Labute approximate surface area is 200 Å². The quantitative estimate of drug-likeness (QED) is 0.479. The molecular weight excluding hydrogens is 428 g/mol. The van der Waals surface area contributed by atoms with Crippen LogP contribution in [0.1, 0.15) is 67.0 Å². The second-order valence-corrected chi connectivity index (χ2v) is 10.4. The van der Waals surface area contributed by atoms with E-state index in [1.807, 2.05) is 18.3 Å². The first kappa shape index (κ1) is 22.1. The number of carbonyl (C=O) groups is 1. The summed E-state index contributed by atoms with van der Waals surface area (Å²) < 4.78 is 0. The summed E-state index contributed by atoms with van der Waals surface area (Å²) in [6.07, 6.45) is 10.7. The maximum Gasteiger partial charge on any atom is 0.225 e. The number of pyridine rings is 1. The van der Waals surface area contributed by atoms with Crippen molar-refractivity contribution in [2.24, 2.45) is 5.92 Å². The van der Waals surface area contributed by atoms with Gasteiger partial charge in [0.25, 0.3) is 0 Å². The van der Waals surface area contributed by atoms with Crippen molar-refractivity contribution in [2.75, 3.05) is 18.4 Å². The second kappa shape index (κ2) is 10.5. The van der Waals surface area contributed by atoms with Crippen LogP contribution in [0, 0.1) is 5.92 Å². The van der Waals surface area contributed by atoms with Crippen LogP contribution < -0.4 is 5.32 Å². The molecule has 3 aromatic rings. The van der Waals surface area contributed by atoms with Crippen LogP contribution in [0.15, 0.2) is 54.7 Å². The lowest BCUT2D eigenvalue weighted by molar-refractivity contribution is -0.137. The number of carbonyl (C=O) groups excluding carboxylic acids is 1. The highest BCUT2D eigenvalue weighted by molar-refractivity contribution is 7.15. The summed E-state index contributed by atoms with van der Waals surface area (Å²) in [6, 6.07) is 16.7. The number of hydrogen-bond acceptors (Lipinski definition) is 5. The second-order valence-electron chi connectivity index (χ2n) is 9.30. The molecule has 1 saturated carbocycles. The SMILES string of the molecule is O=C(C1CCCCC1)N1CCC(c2cccc(Nc3ncc(Cc4ccccc4)s3)n2)CC1. The standard InChI is InChI=1S/C27H32N4OS/c32-26(22-10-5-2-6-11-22)31-16-14-21(15-17-31)24-12-7-13-25(29-24)30-27-28-19-23(33-27)18-20-8-3-1-4-9-20/h1,3-4,7-9,12-13,19,21-22H,2,5-6,10-11,14-18H2,(H,28,29,30). The molecule has 5 rings (SSSR count). The van der Waals surface area contributed by atoms with Gasteiger partial charge in [0, 0.05) is 48.1 Å². The Morgan fingerprint density at radius 1 is 0.970 bits per heavy atom. The molecule has 0 radical (unpaired) electrons. The maximum absolute atomic E-state index is 12.9. The number of anilines is 2. The van der Waals surface area contributed by atoms with E-state index in [1.54, 1.807) is 11.3 Å². The van der Waals surface area contributed by atoms with E-state index in [-0.39, 0.29) is 5.92 Å². The summed E-state index contributed by atoms with van der Waals surface area (Å²) in [5, 5.41) is 4.26. The molecule has 3 heterocycles. The van der Waals surface area contributed by atoms with Gasteiger partial charge in [0.1, 0.15) is 5.82 Å². The molecule has 2 fully saturated rings. The summed E-state index contributed by atoms with van der Waals surface area (Å²) in [4.78, 5) is 25.6. The zero-order chi connectivity index (χ0) is 22.5. The molecule has 0 unspecified atom stereocenters. The molecule has 6 heteroatoms. The van der Waals surface area contributed by atoms with Crippen LogP contribution in [0.4, 0.5) is 10.9 Å². The Kier molecular flexibility index (Phi) is 7.01. The molecule has 1 aromatic carbocycles. The van der Waals surface area contributed by atoms with Crippen LogP contribution >= 0.6 is 11.3 Å². The molecule has 1 saturated heterocycles. The number of benzene rings is 1. The Morgan fingerprint density at radius 2 is 1.76 bits per heavy atom. The van der Waals surface area contributed by atoms with Gasteiger partial charge in [0.15, 0.2) is 5.13 Å². The molecule has 2 aliphatic rings. The lowest BCUT2D eigenvalue weighted by Crippen LogP contribution is -2.42. The van der Waals surface area contributed by atoms with Crippen molar-refractivity contribution in [3.63, 3.8) is 0 Å². The summed E-state index contributed by atoms with van der Waals surface area (Å²) in [5.74, 6) is 1.92. The Morgan fingerprint density at radius 3 is 2.55 bits per heavy atom.